The molecular weight excluding hydrogens is 429 g/mol. The Morgan fingerprint density at radius 1 is 0.667 bits per heavy atom. The molecule has 0 aliphatic heterocycles. The first kappa shape index (κ1) is 32.8. The van der Waals surface area contributed by atoms with E-state index in [1.807, 2.05) is 14.1 Å². The van der Waals surface area contributed by atoms with Crippen LogP contribution in [-0.2, 0) is 9.09 Å². The van der Waals surface area contributed by atoms with Gasteiger partial charge in [-0.1, -0.05) is 109 Å². The molecule has 0 aromatic rings. The molecule has 0 aliphatic carbocycles. The van der Waals surface area contributed by atoms with Crippen LogP contribution in [0.1, 0.15) is 136 Å². The predicted molar refractivity (Wildman–Crippen MR) is 146 cm³/mol. The lowest BCUT2D eigenvalue weighted by molar-refractivity contribution is -0.879. The second kappa shape index (κ2) is 22.3. The molecule has 33 heavy (non-hydrogen) atoms. The average Bonchev–Trinajstić information content (AvgIpc) is 2.74. The lowest BCUT2D eigenvalue weighted by Crippen LogP contribution is -2.41. The van der Waals surface area contributed by atoms with E-state index in [1.165, 1.54) is 103 Å². The summed E-state index contributed by atoms with van der Waals surface area (Å²) in [6, 6.07) is 0. The fourth-order valence-corrected chi connectivity index (χ4v) is 6.07. The number of unbranched alkanes of at least 4 members (excludes halogenated alkanes) is 16. The first-order valence-electron chi connectivity index (χ1n) is 14.3. The normalized spacial score (nSPS) is 14.2. The van der Waals surface area contributed by atoms with Gasteiger partial charge in [0, 0.05) is 0 Å². The summed E-state index contributed by atoms with van der Waals surface area (Å²) in [5.41, 5.74) is 0. The van der Waals surface area contributed by atoms with E-state index in [4.69, 9.17) is 4.52 Å². The summed E-state index contributed by atoms with van der Waals surface area (Å²) < 4.78 is 18.1. The second-order valence-electron chi connectivity index (χ2n) is 10.6. The molecule has 0 amide bonds. The standard InChI is InChI=1S/C28H58NO3P/c1-5-7-8-9-10-11-12-13-14-15-16-17-18-19-20-21-22-23-24-25-27-32-33(30,31)28-29(3,4)26-6-2/h13-14H,5-12,15-28H2,1-4H3/p+1/b14-13-. The molecule has 198 valence electrons. The Labute approximate surface area is 207 Å². The largest absolute Gasteiger partial charge is 0.381 e. The Morgan fingerprint density at radius 2 is 1.09 bits per heavy atom. The van der Waals surface area contributed by atoms with Crippen LogP contribution in [0.25, 0.3) is 0 Å². The van der Waals surface area contributed by atoms with Gasteiger partial charge in [0.2, 0.25) is 0 Å². The molecule has 1 N–H and O–H groups in total. The van der Waals surface area contributed by atoms with Crippen LogP contribution >= 0.6 is 7.60 Å². The SMILES string of the molecule is CCCCCCCC/C=C\CCCCCCCCCCCCOP(=O)(O)C[N+](C)(C)CCC. The molecule has 0 rings (SSSR count). The van der Waals surface area contributed by atoms with Crippen molar-refractivity contribution in [3.8, 4) is 0 Å². The fourth-order valence-electron chi connectivity index (χ4n) is 4.46. The second-order valence-corrected chi connectivity index (χ2v) is 12.4. The Kier molecular flexibility index (Phi) is 22.2. The number of nitrogens with zero attached hydrogens (tertiary/aromatic N) is 1. The van der Waals surface area contributed by atoms with Gasteiger partial charge in [0.15, 0.2) is 6.29 Å². The van der Waals surface area contributed by atoms with Gasteiger partial charge < -0.3 is 13.9 Å². The Morgan fingerprint density at radius 3 is 1.55 bits per heavy atom. The highest BCUT2D eigenvalue weighted by Gasteiger charge is 2.30. The molecule has 0 fully saturated rings. The summed E-state index contributed by atoms with van der Waals surface area (Å²) in [5, 5.41) is 0. The van der Waals surface area contributed by atoms with Crippen LogP contribution in [-0.4, -0.2) is 42.9 Å². The van der Waals surface area contributed by atoms with Crippen LogP contribution < -0.4 is 0 Å². The molecule has 0 bridgehead atoms. The molecular formula is C28H59NO3P+. The van der Waals surface area contributed by atoms with E-state index >= 15 is 0 Å². The van der Waals surface area contributed by atoms with Crippen LogP contribution in [0.15, 0.2) is 12.2 Å². The van der Waals surface area contributed by atoms with Crippen molar-refractivity contribution in [3.05, 3.63) is 12.2 Å². The number of quaternary nitrogens is 1. The molecule has 0 saturated carbocycles. The lowest BCUT2D eigenvalue weighted by Gasteiger charge is -2.30. The predicted octanol–water partition coefficient (Wildman–Crippen LogP) is 9.23. The van der Waals surface area contributed by atoms with Gasteiger partial charge in [0.1, 0.15) is 0 Å². The van der Waals surface area contributed by atoms with E-state index in [0.29, 0.717) is 11.1 Å². The molecule has 4 nitrogen and oxygen atoms in total. The molecule has 0 aliphatic rings. The minimum Gasteiger partial charge on any atom is -0.320 e. The van der Waals surface area contributed by atoms with Gasteiger partial charge in [-0.25, -0.2) is 0 Å². The molecule has 0 aromatic carbocycles. The zero-order valence-electron chi connectivity index (χ0n) is 22.9. The molecule has 1 unspecified atom stereocenters. The number of hydrogen-bond acceptors (Lipinski definition) is 2. The number of rotatable bonds is 25. The summed E-state index contributed by atoms with van der Waals surface area (Å²) >= 11 is 0. The quantitative estimate of drug-likeness (QED) is 0.0603. The molecule has 0 aromatic heterocycles. The van der Waals surface area contributed by atoms with Crippen molar-refractivity contribution in [1.82, 2.24) is 0 Å². The van der Waals surface area contributed by atoms with E-state index in [2.05, 4.69) is 26.0 Å². The van der Waals surface area contributed by atoms with Gasteiger partial charge in [-0.2, -0.15) is 0 Å². The molecule has 0 spiro atoms. The van der Waals surface area contributed by atoms with Crippen LogP contribution in [0.3, 0.4) is 0 Å². The summed E-state index contributed by atoms with van der Waals surface area (Å²) in [4.78, 5) is 10.0. The maximum atomic E-state index is 12.2. The number of allylic oxidation sites excluding steroid dienone is 2. The van der Waals surface area contributed by atoms with Gasteiger partial charge in [0.25, 0.3) is 0 Å². The average molecular weight is 489 g/mol. The summed E-state index contributed by atoms with van der Waals surface area (Å²) in [7, 11) is 0.511. The maximum Gasteiger partial charge on any atom is 0.381 e. The third-order valence-corrected chi connectivity index (χ3v) is 8.05. The minimum atomic E-state index is -3.47. The zero-order valence-corrected chi connectivity index (χ0v) is 23.8. The Balaban J connectivity index is 3.36. The van der Waals surface area contributed by atoms with Crippen LogP contribution in [0.2, 0.25) is 0 Å². The topological polar surface area (TPSA) is 46.5 Å². The Bertz CT molecular complexity index is 494. The third-order valence-electron chi connectivity index (χ3n) is 6.34. The van der Waals surface area contributed by atoms with Crippen LogP contribution in [0, 0.1) is 0 Å². The highest BCUT2D eigenvalue weighted by Crippen LogP contribution is 2.43. The van der Waals surface area contributed by atoms with Crippen molar-refractivity contribution < 1.29 is 18.5 Å². The van der Waals surface area contributed by atoms with Crippen LogP contribution in [0.5, 0.6) is 0 Å². The van der Waals surface area contributed by atoms with Gasteiger partial charge in [-0.3, -0.25) is 4.57 Å². The first-order chi connectivity index (χ1) is 15.8. The van der Waals surface area contributed by atoms with Gasteiger partial charge >= 0.3 is 7.60 Å². The van der Waals surface area contributed by atoms with Gasteiger partial charge in [-0.15, -0.1) is 0 Å². The Hall–Kier alpha value is -0.150. The molecule has 0 radical (unpaired) electrons. The molecule has 0 saturated heterocycles. The highest BCUT2D eigenvalue weighted by molar-refractivity contribution is 7.52. The van der Waals surface area contributed by atoms with Crippen molar-refractivity contribution in [2.45, 2.75) is 136 Å². The van der Waals surface area contributed by atoms with E-state index < -0.39 is 7.60 Å². The maximum absolute atomic E-state index is 12.2. The first-order valence-corrected chi connectivity index (χ1v) is 16.0. The van der Waals surface area contributed by atoms with E-state index in [0.717, 1.165) is 25.8 Å². The highest BCUT2D eigenvalue weighted by atomic mass is 31.2. The van der Waals surface area contributed by atoms with Gasteiger partial charge in [-0.05, 0) is 38.5 Å². The van der Waals surface area contributed by atoms with E-state index in [1.54, 1.807) is 0 Å². The van der Waals surface area contributed by atoms with Crippen molar-refractivity contribution in [2.24, 2.45) is 0 Å². The van der Waals surface area contributed by atoms with Gasteiger partial charge in [0.05, 0.1) is 27.2 Å². The fraction of sp³-hybridized carbons (Fsp3) is 0.929. The zero-order chi connectivity index (χ0) is 24.7. The van der Waals surface area contributed by atoms with Crippen molar-refractivity contribution in [3.63, 3.8) is 0 Å². The third kappa shape index (κ3) is 24.8. The minimum absolute atomic E-state index is 0.205. The van der Waals surface area contributed by atoms with E-state index in [9.17, 15) is 9.46 Å². The summed E-state index contributed by atoms with van der Waals surface area (Å²) in [5.74, 6) is 0. The number of hydrogen-bond donors (Lipinski definition) is 1. The molecule has 0 heterocycles. The summed E-state index contributed by atoms with van der Waals surface area (Å²) in [6.45, 7) is 5.68. The smallest absolute Gasteiger partial charge is 0.320 e. The summed E-state index contributed by atoms with van der Waals surface area (Å²) in [6.07, 6.45) is 29.5. The molecule has 5 heteroatoms. The molecule has 1 atom stereocenters. The van der Waals surface area contributed by atoms with E-state index in [-0.39, 0.29) is 6.29 Å². The van der Waals surface area contributed by atoms with Crippen molar-refractivity contribution in [1.29, 1.82) is 0 Å². The monoisotopic (exact) mass is 488 g/mol. The van der Waals surface area contributed by atoms with Crippen molar-refractivity contribution >= 4 is 7.60 Å². The lowest BCUT2D eigenvalue weighted by atomic mass is 10.1. The van der Waals surface area contributed by atoms with Crippen LogP contribution in [0.4, 0.5) is 0 Å². The van der Waals surface area contributed by atoms with Crippen molar-refractivity contribution in [2.75, 3.05) is 33.5 Å².